The summed E-state index contributed by atoms with van der Waals surface area (Å²) in [5.41, 5.74) is 0.882. The van der Waals surface area contributed by atoms with Gasteiger partial charge in [0.2, 0.25) is 0 Å². The molecule has 0 saturated carbocycles. The third-order valence-electron chi connectivity index (χ3n) is 2.50. The van der Waals surface area contributed by atoms with E-state index >= 15 is 0 Å². The van der Waals surface area contributed by atoms with E-state index in [1.54, 1.807) is 17.1 Å². The summed E-state index contributed by atoms with van der Waals surface area (Å²) in [5, 5.41) is 7.84. The molecule has 1 aromatic heterocycles. The fourth-order valence-corrected chi connectivity index (χ4v) is 1.82. The molecule has 6 heteroatoms. The highest BCUT2D eigenvalue weighted by Gasteiger charge is 2.02. The fourth-order valence-electron chi connectivity index (χ4n) is 1.59. The van der Waals surface area contributed by atoms with Gasteiger partial charge in [-0.25, -0.2) is 9.37 Å². The maximum Gasteiger partial charge on any atom is 0.151 e. The van der Waals surface area contributed by atoms with Crippen LogP contribution in [-0.2, 0) is 20.0 Å². The summed E-state index contributed by atoms with van der Waals surface area (Å²) in [6, 6.07) is 4.41. The van der Waals surface area contributed by atoms with Gasteiger partial charge in [-0.05, 0) is 17.7 Å². The molecular weight excluding hydrogens is 255 g/mol. The van der Waals surface area contributed by atoms with Crippen LogP contribution in [-0.4, -0.2) is 21.3 Å². The lowest BCUT2D eigenvalue weighted by Gasteiger charge is -2.05. The largest absolute Gasteiger partial charge is 0.312 e. The molecule has 1 N–H and O–H groups in total. The van der Waals surface area contributed by atoms with E-state index in [2.05, 4.69) is 15.4 Å². The average Bonchev–Trinajstić information content (AvgIpc) is 2.73. The molecule has 0 aliphatic heterocycles. The zero-order valence-electron chi connectivity index (χ0n) is 10.0. The monoisotopic (exact) mass is 268 g/mol. The summed E-state index contributed by atoms with van der Waals surface area (Å²) in [7, 11) is 1.84. The van der Waals surface area contributed by atoms with Crippen molar-refractivity contribution < 1.29 is 4.39 Å². The van der Waals surface area contributed by atoms with Crippen molar-refractivity contribution in [1.29, 1.82) is 0 Å². The highest BCUT2D eigenvalue weighted by Crippen LogP contribution is 2.16. The molecule has 0 radical (unpaired) electrons. The third-order valence-corrected chi connectivity index (χ3v) is 2.85. The molecule has 4 nitrogen and oxygen atoms in total. The maximum absolute atomic E-state index is 12.8. The van der Waals surface area contributed by atoms with Gasteiger partial charge in [-0.3, -0.25) is 4.68 Å². The number of hydrogen-bond acceptors (Lipinski definition) is 3. The van der Waals surface area contributed by atoms with E-state index in [0.29, 0.717) is 11.6 Å². The predicted molar refractivity (Wildman–Crippen MR) is 67.8 cm³/mol. The first-order valence-corrected chi connectivity index (χ1v) is 6.02. The summed E-state index contributed by atoms with van der Waals surface area (Å²) in [4.78, 5) is 4.13. The van der Waals surface area contributed by atoms with Crippen molar-refractivity contribution in [3.8, 4) is 0 Å². The zero-order chi connectivity index (χ0) is 13.0. The SMILES string of the molecule is Cn1cnc(CCNCc2ccc(F)cc2Cl)n1. The van der Waals surface area contributed by atoms with Crippen LogP contribution in [0.25, 0.3) is 0 Å². The lowest BCUT2D eigenvalue weighted by Crippen LogP contribution is -2.17. The molecule has 0 bridgehead atoms. The van der Waals surface area contributed by atoms with Crippen molar-refractivity contribution in [3.05, 3.63) is 46.8 Å². The van der Waals surface area contributed by atoms with Crippen LogP contribution in [0.3, 0.4) is 0 Å². The smallest absolute Gasteiger partial charge is 0.151 e. The molecule has 0 spiro atoms. The van der Waals surface area contributed by atoms with Crippen molar-refractivity contribution in [2.24, 2.45) is 7.05 Å². The minimum Gasteiger partial charge on any atom is -0.312 e. The van der Waals surface area contributed by atoms with Crippen LogP contribution < -0.4 is 5.32 Å². The molecule has 0 amide bonds. The van der Waals surface area contributed by atoms with Gasteiger partial charge in [0.15, 0.2) is 5.82 Å². The van der Waals surface area contributed by atoms with E-state index in [1.807, 2.05) is 7.05 Å². The standard InChI is InChI=1S/C12H14ClFN4/c1-18-8-16-12(17-18)4-5-15-7-9-2-3-10(14)6-11(9)13/h2-3,6,8,15H,4-5,7H2,1H3. The number of nitrogens with zero attached hydrogens (tertiary/aromatic N) is 3. The zero-order valence-corrected chi connectivity index (χ0v) is 10.8. The summed E-state index contributed by atoms with van der Waals surface area (Å²) in [6.07, 6.45) is 2.42. The van der Waals surface area contributed by atoms with Crippen molar-refractivity contribution in [1.82, 2.24) is 20.1 Å². The Bertz CT molecular complexity index is 527. The maximum atomic E-state index is 12.8. The van der Waals surface area contributed by atoms with E-state index < -0.39 is 0 Å². The average molecular weight is 269 g/mol. The normalized spacial score (nSPS) is 10.8. The van der Waals surface area contributed by atoms with E-state index in [9.17, 15) is 4.39 Å². The number of hydrogen-bond donors (Lipinski definition) is 1. The van der Waals surface area contributed by atoms with Gasteiger partial charge in [-0.15, -0.1) is 0 Å². The minimum atomic E-state index is -0.318. The Kier molecular flexibility index (Phi) is 4.28. The Morgan fingerprint density at radius 2 is 2.28 bits per heavy atom. The van der Waals surface area contributed by atoms with Crippen molar-refractivity contribution in [3.63, 3.8) is 0 Å². The lowest BCUT2D eigenvalue weighted by molar-refractivity contribution is 0.624. The number of aryl methyl sites for hydroxylation is 1. The van der Waals surface area contributed by atoms with Crippen LogP contribution in [0.15, 0.2) is 24.5 Å². The molecule has 0 fully saturated rings. The number of rotatable bonds is 5. The molecule has 0 unspecified atom stereocenters. The second kappa shape index (κ2) is 5.93. The number of aromatic nitrogens is 3. The molecule has 0 atom stereocenters. The second-order valence-corrected chi connectivity index (χ2v) is 4.40. The van der Waals surface area contributed by atoms with Gasteiger partial charge in [0.25, 0.3) is 0 Å². The summed E-state index contributed by atoms with van der Waals surface area (Å²) in [5.74, 6) is 0.483. The van der Waals surface area contributed by atoms with Crippen LogP contribution in [0.2, 0.25) is 5.02 Å². The van der Waals surface area contributed by atoms with Crippen LogP contribution in [0.1, 0.15) is 11.4 Å². The van der Waals surface area contributed by atoms with Gasteiger partial charge in [-0.1, -0.05) is 17.7 Å². The topological polar surface area (TPSA) is 42.7 Å². The van der Waals surface area contributed by atoms with Crippen LogP contribution in [0.5, 0.6) is 0 Å². The van der Waals surface area contributed by atoms with Gasteiger partial charge in [0, 0.05) is 31.6 Å². The van der Waals surface area contributed by atoms with E-state index in [-0.39, 0.29) is 5.82 Å². The Morgan fingerprint density at radius 3 is 2.94 bits per heavy atom. The molecular formula is C12H14ClFN4. The van der Waals surface area contributed by atoms with Crippen molar-refractivity contribution in [2.45, 2.75) is 13.0 Å². The van der Waals surface area contributed by atoms with Crippen LogP contribution >= 0.6 is 11.6 Å². The Morgan fingerprint density at radius 1 is 1.44 bits per heavy atom. The molecule has 1 heterocycles. The Hall–Kier alpha value is -1.46. The van der Waals surface area contributed by atoms with E-state index in [0.717, 1.165) is 24.4 Å². The van der Waals surface area contributed by atoms with E-state index in [4.69, 9.17) is 11.6 Å². The quantitative estimate of drug-likeness (QED) is 0.843. The number of nitrogens with one attached hydrogen (secondary N) is 1. The molecule has 1 aromatic carbocycles. The molecule has 96 valence electrons. The summed E-state index contributed by atoms with van der Waals surface area (Å²) >= 11 is 5.92. The van der Waals surface area contributed by atoms with Crippen LogP contribution in [0, 0.1) is 5.82 Å². The van der Waals surface area contributed by atoms with Crippen LogP contribution in [0.4, 0.5) is 4.39 Å². The third kappa shape index (κ3) is 3.51. The Balaban J connectivity index is 1.78. The highest BCUT2D eigenvalue weighted by atomic mass is 35.5. The van der Waals surface area contributed by atoms with Gasteiger partial charge < -0.3 is 5.32 Å². The first-order chi connectivity index (χ1) is 8.65. The number of halogens is 2. The molecule has 2 rings (SSSR count). The first kappa shape index (κ1) is 13.0. The molecule has 18 heavy (non-hydrogen) atoms. The van der Waals surface area contributed by atoms with Gasteiger partial charge >= 0.3 is 0 Å². The predicted octanol–water partition coefficient (Wildman–Crippen LogP) is 1.94. The molecule has 0 saturated heterocycles. The summed E-state index contributed by atoms with van der Waals surface area (Å²) < 4.78 is 14.5. The number of benzene rings is 1. The fraction of sp³-hybridized carbons (Fsp3) is 0.333. The van der Waals surface area contributed by atoms with Gasteiger partial charge in [0.1, 0.15) is 12.1 Å². The molecule has 2 aromatic rings. The second-order valence-electron chi connectivity index (χ2n) is 4.00. The highest BCUT2D eigenvalue weighted by molar-refractivity contribution is 6.31. The van der Waals surface area contributed by atoms with Gasteiger partial charge in [-0.2, -0.15) is 5.10 Å². The Labute approximate surface area is 110 Å². The molecule has 0 aliphatic carbocycles. The minimum absolute atomic E-state index is 0.318. The van der Waals surface area contributed by atoms with Gasteiger partial charge in [0.05, 0.1) is 0 Å². The van der Waals surface area contributed by atoms with E-state index in [1.165, 1.54) is 12.1 Å². The van der Waals surface area contributed by atoms with Crippen molar-refractivity contribution >= 4 is 11.6 Å². The first-order valence-electron chi connectivity index (χ1n) is 5.64. The lowest BCUT2D eigenvalue weighted by atomic mass is 10.2. The van der Waals surface area contributed by atoms with Crippen molar-refractivity contribution in [2.75, 3.05) is 6.54 Å². The summed E-state index contributed by atoms with van der Waals surface area (Å²) in [6.45, 7) is 1.35. The molecule has 0 aliphatic rings.